The Morgan fingerprint density at radius 1 is 0.882 bits per heavy atom. The van der Waals surface area contributed by atoms with Crippen molar-refractivity contribution in [2.75, 3.05) is 0 Å². The molecule has 0 aliphatic carbocycles. The van der Waals surface area contributed by atoms with Gasteiger partial charge in [-0.25, -0.2) is 0 Å². The zero-order chi connectivity index (χ0) is 12.6. The number of fused-ring (bicyclic) bond motifs is 1. The Morgan fingerprint density at radius 3 is 2.06 bits per heavy atom. The summed E-state index contributed by atoms with van der Waals surface area (Å²) < 4.78 is 0. The topological polar surface area (TPSA) is 25.8 Å². The summed E-state index contributed by atoms with van der Waals surface area (Å²) in [5.41, 5.74) is 4.31. The summed E-state index contributed by atoms with van der Waals surface area (Å²) in [4.78, 5) is 9.32. The van der Waals surface area contributed by atoms with Gasteiger partial charge in [0.05, 0.1) is 11.0 Å². The van der Waals surface area contributed by atoms with Gasteiger partial charge < -0.3 is 0 Å². The van der Waals surface area contributed by atoms with E-state index in [1.54, 1.807) is 0 Å². The second kappa shape index (κ2) is 4.10. The third kappa shape index (κ3) is 2.46. The van der Waals surface area contributed by atoms with Gasteiger partial charge in [0.15, 0.2) is 0 Å². The van der Waals surface area contributed by atoms with E-state index in [4.69, 9.17) is 0 Å². The van der Waals surface area contributed by atoms with E-state index in [0.717, 1.165) is 22.4 Å². The van der Waals surface area contributed by atoms with Crippen molar-refractivity contribution in [2.45, 2.75) is 46.0 Å². The molecule has 0 bridgehead atoms. The lowest BCUT2D eigenvalue weighted by Gasteiger charge is -2.18. The monoisotopic (exact) mass is 228 g/mol. The molecule has 0 radical (unpaired) electrons. The van der Waals surface area contributed by atoms with Crippen molar-refractivity contribution in [1.29, 1.82) is 0 Å². The van der Waals surface area contributed by atoms with Gasteiger partial charge in [0.25, 0.3) is 0 Å². The van der Waals surface area contributed by atoms with Gasteiger partial charge in [-0.3, -0.25) is 9.97 Å². The lowest BCUT2D eigenvalue weighted by Crippen LogP contribution is -2.13. The van der Waals surface area contributed by atoms with E-state index in [-0.39, 0.29) is 5.41 Å². The van der Waals surface area contributed by atoms with Crippen LogP contribution in [0.2, 0.25) is 0 Å². The van der Waals surface area contributed by atoms with Gasteiger partial charge in [-0.15, -0.1) is 0 Å². The maximum absolute atomic E-state index is 4.68. The van der Waals surface area contributed by atoms with Crippen LogP contribution in [0.15, 0.2) is 24.3 Å². The Morgan fingerprint density at radius 2 is 1.47 bits per heavy atom. The number of rotatable bonds is 1. The van der Waals surface area contributed by atoms with Gasteiger partial charge in [-0.2, -0.15) is 0 Å². The summed E-state index contributed by atoms with van der Waals surface area (Å²) in [6.07, 6.45) is 0. The summed E-state index contributed by atoms with van der Waals surface area (Å²) in [5.74, 6) is 0.460. The van der Waals surface area contributed by atoms with Crippen LogP contribution in [0.3, 0.4) is 0 Å². The Labute approximate surface area is 103 Å². The fraction of sp³-hybridized carbons (Fsp3) is 0.467. The second-order valence-corrected chi connectivity index (χ2v) is 5.88. The maximum atomic E-state index is 4.68. The second-order valence-electron chi connectivity index (χ2n) is 5.88. The van der Waals surface area contributed by atoms with E-state index in [1.165, 1.54) is 0 Å². The predicted molar refractivity (Wildman–Crippen MR) is 72.3 cm³/mol. The molecule has 2 heterocycles. The third-order valence-corrected chi connectivity index (χ3v) is 2.92. The minimum Gasteiger partial charge on any atom is -0.251 e. The summed E-state index contributed by atoms with van der Waals surface area (Å²) >= 11 is 0. The normalized spacial score (nSPS) is 12.4. The van der Waals surface area contributed by atoms with E-state index < -0.39 is 0 Å². The Hall–Kier alpha value is -1.44. The minimum atomic E-state index is 0.0882. The summed E-state index contributed by atoms with van der Waals surface area (Å²) in [5, 5.41) is 0. The van der Waals surface area contributed by atoms with E-state index in [0.29, 0.717) is 5.92 Å². The number of pyridine rings is 2. The lowest BCUT2D eigenvalue weighted by atomic mass is 9.91. The first-order valence-corrected chi connectivity index (χ1v) is 6.16. The molecule has 0 N–H and O–H groups in total. The molecule has 0 saturated carbocycles. The highest BCUT2D eigenvalue weighted by atomic mass is 14.8. The summed E-state index contributed by atoms with van der Waals surface area (Å²) in [6, 6.07) is 8.31. The van der Waals surface area contributed by atoms with E-state index >= 15 is 0 Å². The van der Waals surface area contributed by atoms with Crippen LogP contribution in [0.4, 0.5) is 0 Å². The highest BCUT2D eigenvalue weighted by Crippen LogP contribution is 2.23. The molecular weight excluding hydrogens is 208 g/mol. The molecule has 2 aromatic rings. The van der Waals surface area contributed by atoms with Crippen molar-refractivity contribution in [1.82, 2.24) is 9.97 Å². The smallest absolute Gasteiger partial charge is 0.0890 e. The molecule has 0 aliphatic heterocycles. The van der Waals surface area contributed by atoms with Crippen LogP contribution in [0.1, 0.15) is 51.9 Å². The van der Waals surface area contributed by atoms with E-state index in [2.05, 4.69) is 68.9 Å². The third-order valence-electron chi connectivity index (χ3n) is 2.92. The van der Waals surface area contributed by atoms with Crippen molar-refractivity contribution in [2.24, 2.45) is 0 Å². The predicted octanol–water partition coefficient (Wildman–Crippen LogP) is 4.05. The fourth-order valence-corrected chi connectivity index (χ4v) is 1.76. The molecule has 0 saturated heterocycles. The average Bonchev–Trinajstić information content (AvgIpc) is 2.26. The first-order valence-electron chi connectivity index (χ1n) is 6.16. The van der Waals surface area contributed by atoms with Gasteiger partial charge in [0.1, 0.15) is 0 Å². The first kappa shape index (κ1) is 12.0. The standard InChI is InChI=1S/C15H20N2/c1-10(2)11-6-7-13-12(16-11)8-9-14(17-13)15(3,4)5/h6-10H,1-5H3. The van der Waals surface area contributed by atoms with Crippen LogP contribution in [0.5, 0.6) is 0 Å². The molecule has 0 unspecified atom stereocenters. The van der Waals surface area contributed by atoms with Crippen LogP contribution in [0.25, 0.3) is 11.0 Å². The van der Waals surface area contributed by atoms with Gasteiger partial charge in [0.2, 0.25) is 0 Å². The molecule has 0 amide bonds. The molecule has 2 aromatic heterocycles. The highest BCUT2D eigenvalue weighted by molar-refractivity contribution is 5.74. The molecule has 17 heavy (non-hydrogen) atoms. The van der Waals surface area contributed by atoms with Crippen molar-refractivity contribution in [3.05, 3.63) is 35.7 Å². The molecule has 2 rings (SSSR count). The number of hydrogen-bond acceptors (Lipinski definition) is 2. The Balaban J connectivity index is 2.54. The molecule has 0 atom stereocenters. The molecule has 90 valence electrons. The SMILES string of the molecule is CC(C)c1ccc2nc(C(C)(C)C)ccc2n1. The van der Waals surface area contributed by atoms with Crippen molar-refractivity contribution < 1.29 is 0 Å². The van der Waals surface area contributed by atoms with Crippen LogP contribution >= 0.6 is 0 Å². The zero-order valence-corrected chi connectivity index (χ0v) is 11.3. The van der Waals surface area contributed by atoms with Crippen molar-refractivity contribution in [3.63, 3.8) is 0 Å². The number of aromatic nitrogens is 2. The average molecular weight is 228 g/mol. The summed E-state index contributed by atoms with van der Waals surface area (Å²) in [7, 11) is 0. The van der Waals surface area contributed by atoms with Gasteiger partial charge in [-0.05, 0) is 30.2 Å². The summed E-state index contributed by atoms with van der Waals surface area (Å²) in [6.45, 7) is 10.8. The largest absolute Gasteiger partial charge is 0.251 e. The van der Waals surface area contributed by atoms with Crippen LogP contribution in [-0.2, 0) is 5.41 Å². The molecule has 0 spiro atoms. The minimum absolute atomic E-state index is 0.0882. The maximum Gasteiger partial charge on any atom is 0.0890 e. The zero-order valence-electron chi connectivity index (χ0n) is 11.3. The van der Waals surface area contributed by atoms with Crippen LogP contribution in [0, 0.1) is 0 Å². The molecule has 0 fully saturated rings. The molecule has 2 nitrogen and oxygen atoms in total. The van der Waals surface area contributed by atoms with Crippen LogP contribution in [-0.4, -0.2) is 9.97 Å². The number of hydrogen-bond donors (Lipinski definition) is 0. The molecule has 0 aromatic carbocycles. The van der Waals surface area contributed by atoms with E-state index in [1.807, 2.05) is 0 Å². The molecular formula is C15H20N2. The Bertz CT molecular complexity index is 536. The van der Waals surface area contributed by atoms with E-state index in [9.17, 15) is 0 Å². The Kier molecular flexibility index (Phi) is 2.90. The fourth-order valence-electron chi connectivity index (χ4n) is 1.76. The number of nitrogens with zero attached hydrogens (tertiary/aromatic N) is 2. The van der Waals surface area contributed by atoms with Crippen LogP contribution < -0.4 is 0 Å². The highest BCUT2D eigenvalue weighted by Gasteiger charge is 2.15. The molecule has 2 heteroatoms. The van der Waals surface area contributed by atoms with Crippen molar-refractivity contribution in [3.8, 4) is 0 Å². The van der Waals surface area contributed by atoms with Gasteiger partial charge in [0, 0.05) is 16.8 Å². The molecule has 0 aliphatic rings. The lowest BCUT2D eigenvalue weighted by molar-refractivity contribution is 0.571. The van der Waals surface area contributed by atoms with Crippen molar-refractivity contribution >= 4 is 11.0 Å². The van der Waals surface area contributed by atoms with Gasteiger partial charge >= 0.3 is 0 Å². The first-order chi connectivity index (χ1) is 7.88. The van der Waals surface area contributed by atoms with Gasteiger partial charge in [-0.1, -0.05) is 34.6 Å². The quantitative estimate of drug-likeness (QED) is 0.736.